The lowest BCUT2D eigenvalue weighted by atomic mass is 9.91. The van der Waals surface area contributed by atoms with Gasteiger partial charge in [0.25, 0.3) is 0 Å². The van der Waals surface area contributed by atoms with Crippen LogP contribution in [0.2, 0.25) is 0 Å². The minimum Gasteiger partial charge on any atom is -0.373 e. The predicted molar refractivity (Wildman–Crippen MR) is 86.4 cm³/mol. The Hall–Kier alpha value is -1.64. The van der Waals surface area contributed by atoms with E-state index >= 15 is 0 Å². The Morgan fingerprint density at radius 1 is 1.14 bits per heavy atom. The van der Waals surface area contributed by atoms with E-state index in [1.54, 1.807) is 0 Å². The third kappa shape index (κ3) is 3.17. The van der Waals surface area contributed by atoms with Crippen LogP contribution in [0.3, 0.4) is 0 Å². The summed E-state index contributed by atoms with van der Waals surface area (Å²) in [5.41, 5.74) is 5.42. The Balaban J connectivity index is 1.80. The molecular formula is C19H23NO. The van der Waals surface area contributed by atoms with Crippen LogP contribution in [0.15, 0.2) is 48.5 Å². The number of rotatable bonds is 4. The zero-order valence-corrected chi connectivity index (χ0v) is 12.8. The van der Waals surface area contributed by atoms with Crippen molar-refractivity contribution in [3.05, 3.63) is 70.8 Å². The van der Waals surface area contributed by atoms with Crippen LogP contribution in [0, 0.1) is 6.92 Å². The molecular weight excluding hydrogens is 258 g/mol. The first kappa shape index (κ1) is 14.3. The molecule has 0 fully saturated rings. The van der Waals surface area contributed by atoms with E-state index in [0.29, 0.717) is 6.04 Å². The number of hydrogen-bond acceptors (Lipinski definition) is 2. The van der Waals surface area contributed by atoms with Gasteiger partial charge in [-0.1, -0.05) is 54.1 Å². The lowest BCUT2D eigenvalue weighted by Crippen LogP contribution is -2.23. The lowest BCUT2D eigenvalue weighted by Gasteiger charge is -2.29. The summed E-state index contributed by atoms with van der Waals surface area (Å²) in [5.74, 6) is 0. The zero-order valence-electron chi connectivity index (χ0n) is 12.8. The van der Waals surface area contributed by atoms with E-state index in [4.69, 9.17) is 4.74 Å². The highest BCUT2D eigenvalue weighted by molar-refractivity contribution is 5.32. The lowest BCUT2D eigenvalue weighted by molar-refractivity contribution is 0.0298. The topological polar surface area (TPSA) is 21.3 Å². The Kier molecular flexibility index (Phi) is 4.37. The van der Waals surface area contributed by atoms with Gasteiger partial charge in [0.1, 0.15) is 0 Å². The quantitative estimate of drug-likeness (QED) is 0.916. The van der Waals surface area contributed by atoms with Crippen molar-refractivity contribution >= 4 is 0 Å². The number of ether oxygens (including phenoxy) is 1. The van der Waals surface area contributed by atoms with Gasteiger partial charge in [-0.05, 0) is 43.5 Å². The third-order valence-corrected chi connectivity index (χ3v) is 4.37. The van der Waals surface area contributed by atoms with E-state index in [0.717, 1.165) is 19.4 Å². The zero-order chi connectivity index (χ0) is 14.7. The highest BCUT2D eigenvalue weighted by atomic mass is 16.5. The second-order valence-electron chi connectivity index (χ2n) is 5.80. The molecule has 0 saturated carbocycles. The van der Waals surface area contributed by atoms with Gasteiger partial charge in [-0.15, -0.1) is 0 Å². The van der Waals surface area contributed by atoms with Crippen LogP contribution in [-0.4, -0.2) is 13.7 Å². The van der Waals surface area contributed by atoms with Crippen LogP contribution in [0.25, 0.3) is 0 Å². The molecule has 2 atom stereocenters. The second-order valence-corrected chi connectivity index (χ2v) is 5.80. The van der Waals surface area contributed by atoms with Gasteiger partial charge in [-0.2, -0.15) is 0 Å². The smallest absolute Gasteiger partial charge is 0.0845 e. The number of benzene rings is 2. The summed E-state index contributed by atoms with van der Waals surface area (Å²) in [6, 6.07) is 17.8. The molecule has 2 aromatic rings. The second kappa shape index (κ2) is 6.42. The Morgan fingerprint density at radius 3 is 2.67 bits per heavy atom. The molecule has 2 nitrogen and oxygen atoms in total. The minimum absolute atomic E-state index is 0.189. The standard InChI is InChI=1S/C19H23NO/c1-14-7-9-16(10-8-14)18(20-2)13-19-17-6-4-3-5-15(17)11-12-21-19/h3-10,18-20H,11-13H2,1-2H3. The van der Waals surface area contributed by atoms with Crippen molar-refractivity contribution in [1.82, 2.24) is 5.32 Å². The summed E-state index contributed by atoms with van der Waals surface area (Å²) in [4.78, 5) is 0. The summed E-state index contributed by atoms with van der Waals surface area (Å²) in [6.07, 6.45) is 2.19. The van der Waals surface area contributed by atoms with Crippen molar-refractivity contribution < 1.29 is 4.74 Å². The first-order valence-electron chi connectivity index (χ1n) is 7.71. The molecule has 0 amide bonds. The highest BCUT2D eigenvalue weighted by Crippen LogP contribution is 2.34. The third-order valence-electron chi connectivity index (χ3n) is 4.37. The summed E-state index contributed by atoms with van der Waals surface area (Å²) in [7, 11) is 2.03. The Bertz CT molecular complexity index is 591. The monoisotopic (exact) mass is 281 g/mol. The van der Waals surface area contributed by atoms with Crippen LogP contribution >= 0.6 is 0 Å². The van der Waals surface area contributed by atoms with Gasteiger partial charge in [-0.3, -0.25) is 0 Å². The predicted octanol–water partition coefficient (Wildman–Crippen LogP) is 3.96. The van der Waals surface area contributed by atoms with Crippen molar-refractivity contribution in [1.29, 1.82) is 0 Å². The van der Waals surface area contributed by atoms with Gasteiger partial charge in [-0.25, -0.2) is 0 Å². The van der Waals surface area contributed by atoms with Gasteiger partial charge in [0.15, 0.2) is 0 Å². The molecule has 110 valence electrons. The molecule has 3 rings (SSSR count). The van der Waals surface area contributed by atoms with Crippen molar-refractivity contribution in [2.75, 3.05) is 13.7 Å². The van der Waals surface area contributed by atoms with E-state index < -0.39 is 0 Å². The molecule has 0 aromatic heterocycles. The van der Waals surface area contributed by atoms with Crippen molar-refractivity contribution in [3.8, 4) is 0 Å². The van der Waals surface area contributed by atoms with Crippen LogP contribution < -0.4 is 5.32 Å². The van der Waals surface area contributed by atoms with Gasteiger partial charge < -0.3 is 10.1 Å². The van der Waals surface area contributed by atoms with Crippen LogP contribution in [0.1, 0.15) is 40.8 Å². The average molecular weight is 281 g/mol. The molecule has 1 heterocycles. The molecule has 2 aromatic carbocycles. The largest absolute Gasteiger partial charge is 0.373 e. The molecule has 1 N–H and O–H groups in total. The summed E-state index contributed by atoms with van der Waals surface area (Å²) in [6.45, 7) is 2.95. The fraction of sp³-hybridized carbons (Fsp3) is 0.368. The van der Waals surface area contributed by atoms with Gasteiger partial charge >= 0.3 is 0 Å². The molecule has 1 aliphatic rings. The van der Waals surface area contributed by atoms with E-state index in [1.165, 1.54) is 22.3 Å². The maximum Gasteiger partial charge on any atom is 0.0845 e. The molecule has 2 unspecified atom stereocenters. The number of hydrogen-bond donors (Lipinski definition) is 1. The highest BCUT2D eigenvalue weighted by Gasteiger charge is 2.24. The fourth-order valence-corrected chi connectivity index (χ4v) is 3.11. The van der Waals surface area contributed by atoms with Gasteiger partial charge in [0.2, 0.25) is 0 Å². The van der Waals surface area contributed by atoms with Crippen LogP contribution in [0.4, 0.5) is 0 Å². The first-order valence-corrected chi connectivity index (χ1v) is 7.71. The van der Waals surface area contributed by atoms with Crippen molar-refractivity contribution in [3.63, 3.8) is 0 Å². The maximum atomic E-state index is 6.04. The average Bonchev–Trinajstić information content (AvgIpc) is 2.54. The van der Waals surface area contributed by atoms with Gasteiger partial charge in [0.05, 0.1) is 12.7 Å². The summed E-state index contributed by atoms with van der Waals surface area (Å²) < 4.78 is 6.04. The SMILES string of the molecule is CNC(CC1OCCc2ccccc21)c1ccc(C)cc1. The molecule has 0 aliphatic carbocycles. The number of fused-ring (bicyclic) bond motifs is 1. The normalized spacial score (nSPS) is 19.0. The van der Waals surface area contributed by atoms with Crippen LogP contribution in [-0.2, 0) is 11.2 Å². The molecule has 0 bridgehead atoms. The van der Waals surface area contributed by atoms with Crippen LogP contribution in [0.5, 0.6) is 0 Å². The molecule has 0 saturated heterocycles. The Morgan fingerprint density at radius 2 is 1.90 bits per heavy atom. The van der Waals surface area contributed by atoms with E-state index in [1.807, 2.05) is 7.05 Å². The van der Waals surface area contributed by atoms with Crippen molar-refractivity contribution in [2.24, 2.45) is 0 Å². The molecule has 2 heteroatoms. The summed E-state index contributed by atoms with van der Waals surface area (Å²) >= 11 is 0. The van der Waals surface area contributed by atoms with Crippen molar-refractivity contribution in [2.45, 2.75) is 31.9 Å². The Labute approximate surface area is 127 Å². The van der Waals surface area contributed by atoms with Gasteiger partial charge in [0, 0.05) is 6.04 Å². The van der Waals surface area contributed by atoms with E-state index in [9.17, 15) is 0 Å². The summed E-state index contributed by atoms with van der Waals surface area (Å²) in [5, 5.41) is 3.44. The number of aryl methyl sites for hydroxylation is 1. The fourth-order valence-electron chi connectivity index (χ4n) is 3.11. The molecule has 0 spiro atoms. The minimum atomic E-state index is 0.189. The van der Waals surface area contributed by atoms with E-state index in [-0.39, 0.29) is 6.10 Å². The molecule has 1 aliphatic heterocycles. The molecule has 21 heavy (non-hydrogen) atoms. The van der Waals surface area contributed by atoms with E-state index in [2.05, 4.69) is 60.8 Å². The molecule has 0 radical (unpaired) electrons. The number of nitrogens with one attached hydrogen (secondary N) is 1. The maximum absolute atomic E-state index is 6.04. The first-order chi connectivity index (χ1) is 10.3.